The summed E-state index contributed by atoms with van der Waals surface area (Å²) in [6.45, 7) is 3.90. The van der Waals surface area contributed by atoms with E-state index in [0.29, 0.717) is 11.5 Å². The first-order chi connectivity index (χ1) is 11.0. The number of hydrogen-bond donors (Lipinski definition) is 3. The molecular formula is C16H19FN4O2. The van der Waals surface area contributed by atoms with Gasteiger partial charge in [0, 0.05) is 11.8 Å². The van der Waals surface area contributed by atoms with Gasteiger partial charge < -0.3 is 15.7 Å². The van der Waals surface area contributed by atoms with E-state index in [4.69, 9.17) is 0 Å². The molecule has 0 fully saturated rings. The van der Waals surface area contributed by atoms with Gasteiger partial charge in [0.2, 0.25) is 0 Å². The number of halogens is 1. The molecule has 0 radical (unpaired) electrons. The first-order valence-electron chi connectivity index (χ1n) is 7.26. The largest absolute Gasteiger partial charge is 0.394 e. The van der Waals surface area contributed by atoms with Gasteiger partial charge in [-0.25, -0.2) is 14.4 Å². The minimum Gasteiger partial charge on any atom is -0.394 e. The highest BCUT2D eigenvalue weighted by molar-refractivity contribution is 6.03. The molecule has 0 bridgehead atoms. The van der Waals surface area contributed by atoms with Crippen LogP contribution in [0.1, 0.15) is 24.3 Å². The van der Waals surface area contributed by atoms with Crippen molar-refractivity contribution in [1.82, 2.24) is 9.97 Å². The summed E-state index contributed by atoms with van der Waals surface area (Å²) in [6, 6.07) is 6.79. The van der Waals surface area contributed by atoms with Crippen LogP contribution in [0.25, 0.3) is 0 Å². The molecule has 2 rings (SSSR count). The predicted molar refractivity (Wildman–Crippen MR) is 85.7 cm³/mol. The third-order valence-corrected chi connectivity index (χ3v) is 3.34. The Kier molecular flexibility index (Phi) is 5.59. The Morgan fingerprint density at radius 1 is 1.26 bits per heavy atom. The van der Waals surface area contributed by atoms with E-state index in [1.165, 1.54) is 36.7 Å². The maximum atomic E-state index is 12.9. The molecule has 23 heavy (non-hydrogen) atoms. The van der Waals surface area contributed by atoms with Gasteiger partial charge >= 0.3 is 0 Å². The van der Waals surface area contributed by atoms with Crippen molar-refractivity contribution in [1.29, 1.82) is 0 Å². The number of benzene rings is 1. The van der Waals surface area contributed by atoms with Crippen LogP contribution in [0.4, 0.5) is 15.9 Å². The SMILES string of the molecule is CC(C)C(CO)Nc1cc(C(=O)Nc2ccc(F)cc2)ncn1. The van der Waals surface area contributed by atoms with Gasteiger partial charge in [-0.2, -0.15) is 0 Å². The molecule has 2 aromatic rings. The number of aliphatic hydroxyl groups is 1. The molecule has 1 unspecified atom stereocenters. The summed E-state index contributed by atoms with van der Waals surface area (Å²) in [5.74, 6) is -0.143. The zero-order valence-corrected chi connectivity index (χ0v) is 13.0. The summed E-state index contributed by atoms with van der Waals surface area (Å²) in [5, 5.41) is 15.0. The molecule has 0 aliphatic carbocycles. The van der Waals surface area contributed by atoms with Crippen molar-refractivity contribution in [2.45, 2.75) is 19.9 Å². The minimum absolute atomic E-state index is 0.0429. The number of carbonyl (C=O) groups excluding carboxylic acids is 1. The van der Waals surface area contributed by atoms with Crippen LogP contribution in [-0.4, -0.2) is 33.6 Å². The lowest BCUT2D eigenvalue weighted by molar-refractivity contribution is 0.102. The third-order valence-electron chi connectivity index (χ3n) is 3.34. The van der Waals surface area contributed by atoms with E-state index in [1.807, 2.05) is 13.8 Å². The van der Waals surface area contributed by atoms with Crippen LogP contribution in [0, 0.1) is 11.7 Å². The van der Waals surface area contributed by atoms with Crippen LogP contribution in [-0.2, 0) is 0 Å². The van der Waals surface area contributed by atoms with Crippen LogP contribution in [0.2, 0.25) is 0 Å². The van der Waals surface area contributed by atoms with Crippen molar-refractivity contribution in [2.75, 3.05) is 17.2 Å². The highest BCUT2D eigenvalue weighted by atomic mass is 19.1. The molecule has 7 heteroatoms. The Morgan fingerprint density at radius 2 is 1.96 bits per heavy atom. The average Bonchev–Trinajstić information content (AvgIpc) is 2.54. The summed E-state index contributed by atoms with van der Waals surface area (Å²) in [5.41, 5.74) is 0.646. The molecule has 1 atom stereocenters. The smallest absolute Gasteiger partial charge is 0.274 e. The molecule has 122 valence electrons. The minimum atomic E-state index is -0.424. The van der Waals surface area contributed by atoms with E-state index < -0.39 is 5.91 Å². The fraction of sp³-hybridized carbons (Fsp3) is 0.312. The lowest BCUT2D eigenvalue weighted by Crippen LogP contribution is -2.30. The lowest BCUT2D eigenvalue weighted by Gasteiger charge is -2.20. The van der Waals surface area contributed by atoms with E-state index in [1.54, 1.807) is 0 Å². The number of rotatable bonds is 6. The number of nitrogens with zero attached hydrogens (tertiary/aromatic N) is 2. The molecule has 1 heterocycles. The summed E-state index contributed by atoms with van der Waals surface area (Å²) < 4.78 is 12.9. The maximum absolute atomic E-state index is 12.9. The van der Waals surface area contributed by atoms with Crippen molar-refractivity contribution < 1.29 is 14.3 Å². The van der Waals surface area contributed by atoms with Crippen LogP contribution in [0.5, 0.6) is 0 Å². The quantitative estimate of drug-likeness (QED) is 0.761. The molecule has 0 saturated carbocycles. The number of hydrogen-bond acceptors (Lipinski definition) is 5. The van der Waals surface area contributed by atoms with Gasteiger partial charge in [-0.3, -0.25) is 4.79 Å². The molecule has 3 N–H and O–H groups in total. The fourth-order valence-electron chi connectivity index (χ4n) is 1.90. The van der Waals surface area contributed by atoms with Crippen LogP contribution < -0.4 is 10.6 Å². The second kappa shape index (κ2) is 7.64. The van der Waals surface area contributed by atoms with E-state index in [9.17, 15) is 14.3 Å². The Labute approximate surface area is 133 Å². The summed E-state index contributed by atoms with van der Waals surface area (Å²) in [4.78, 5) is 20.1. The van der Waals surface area contributed by atoms with E-state index in [0.717, 1.165) is 0 Å². The molecule has 1 aromatic heterocycles. The van der Waals surface area contributed by atoms with Crippen molar-refractivity contribution in [3.63, 3.8) is 0 Å². The molecule has 0 aliphatic rings. The lowest BCUT2D eigenvalue weighted by atomic mass is 10.1. The van der Waals surface area contributed by atoms with Crippen molar-refractivity contribution >= 4 is 17.4 Å². The Balaban J connectivity index is 2.09. The zero-order chi connectivity index (χ0) is 16.8. The Morgan fingerprint density at radius 3 is 2.57 bits per heavy atom. The summed E-state index contributed by atoms with van der Waals surface area (Å²) in [7, 11) is 0. The molecule has 0 aliphatic heterocycles. The molecular weight excluding hydrogens is 299 g/mol. The van der Waals surface area contributed by atoms with Crippen LogP contribution in [0.15, 0.2) is 36.7 Å². The molecule has 1 aromatic carbocycles. The highest BCUT2D eigenvalue weighted by Gasteiger charge is 2.14. The third kappa shape index (κ3) is 4.72. The number of anilines is 2. The number of carbonyl (C=O) groups is 1. The fourth-order valence-corrected chi connectivity index (χ4v) is 1.90. The number of nitrogens with one attached hydrogen (secondary N) is 2. The predicted octanol–water partition coefficient (Wildman–Crippen LogP) is 2.30. The number of amides is 1. The summed E-state index contributed by atoms with van der Waals surface area (Å²) >= 11 is 0. The molecule has 6 nitrogen and oxygen atoms in total. The topological polar surface area (TPSA) is 87.1 Å². The van der Waals surface area contributed by atoms with Gasteiger partial charge in [-0.05, 0) is 30.2 Å². The van der Waals surface area contributed by atoms with Gasteiger partial charge in [0.05, 0.1) is 12.6 Å². The molecule has 0 saturated heterocycles. The highest BCUT2D eigenvalue weighted by Crippen LogP contribution is 2.13. The van der Waals surface area contributed by atoms with Crippen molar-refractivity contribution in [3.8, 4) is 0 Å². The standard InChI is InChI=1S/C16H19FN4O2/c1-10(2)14(8-22)21-15-7-13(18-9-19-15)16(23)20-12-5-3-11(17)4-6-12/h3-7,9-10,14,22H,8H2,1-2H3,(H,20,23)(H,18,19,21). The normalized spacial score (nSPS) is 12.0. The first-order valence-corrected chi connectivity index (χ1v) is 7.26. The van der Waals surface area contributed by atoms with Gasteiger partial charge in [0.15, 0.2) is 0 Å². The Hall–Kier alpha value is -2.54. The van der Waals surface area contributed by atoms with E-state index >= 15 is 0 Å². The van der Waals surface area contributed by atoms with Gasteiger partial charge in [0.25, 0.3) is 5.91 Å². The van der Waals surface area contributed by atoms with Crippen LogP contribution >= 0.6 is 0 Å². The Bertz CT molecular complexity index is 661. The zero-order valence-electron chi connectivity index (χ0n) is 13.0. The summed E-state index contributed by atoms with van der Waals surface area (Å²) in [6.07, 6.45) is 1.27. The number of aliphatic hydroxyl groups excluding tert-OH is 1. The second-order valence-electron chi connectivity index (χ2n) is 5.43. The number of aromatic nitrogens is 2. The van der Waals surface area contributed by atoms with Crippen molar-refractivity contribution in [3.05, 3.63) is 48.2 Å². The van der Waals surface area contributed by atoms with Crippen LogP contribution in [0.3, 0.4) is 0 Å². The second-order valence-corrected chi connectivity index (χ2v) is 5.43. The molecule has 1 amide bonds. The average molecular weight is 318 g/mol. The van der Waals surface area contributed by atoms with Gasteiger partial charge in [0.1, 0.15) is 23.7 Å². The maximum Gasteiger partial charge on any atom is 0.274 e. The first kappa shape index (κ1) is 16.8. The molecule has 0 spiro atoms. The van der Waals surface area contributed by atoms with Gasteiger partial charge in [-0.1, -0.05) is 13.8 Å². The van der Waals surface area contributed by atoms with E-state index in [2.05, 4.69) is 20.6 Å². The monoisotopic (exact) mass is 318 g/mol. The van der Waals surface area contributed by atoms with E-state index in [-0.39, 0.29) is 30.1 Å². The van der Waals surface area contributed by atoms with Gasteiger partial charge in [-0.15, -0.1) is 0 Å². The van der Waals surface area contributed by atoms with Crippen molar-refractivity contribution in [2.24, 2.45) is 5.92 Å².